The third kappa shape index (κ3) is 3.39. The Hall–Kier alpha value is -2.06. The number of nitrogens with one attached hydrogen (secondary N) is 1. The van der Waals surface area contributed by atoms with Gasteiger partial charge in [-0.2, -0.15) is 5.26 Å². The van der Waals surface area contributed by atoms with Crippen LogP contribution in [0.5, 0.6) is 0 Å². The maximum atomic E-state index is 12.6. The van der Waals surface area contributed by atoms with E-state index in [9.17, 15) is 14.9 Å². The largest absolute Gasteiger partial charge is 0.338 e. The van der Waals surface area contributed by atoms with Crippen molar-refractivity contribution in [2.45, 2.75) is 37.6 Å². The van der Waals surface area contributed by atoms with Gasteiger partial charge in [-0.3, -0.25) is 9.59 Å². The number of rotatable bonds is 3. The highest BCUT2D eigenvalue weighted by atomic mass is 35.5. The predicted molar refractivity (Wildman–Crippen MR) is 90.4 cm³/mol. The standard InChI is InChI=1S/C18H20ClN3O2/c19-15-6-4-13(5-7-15)17(24)22-10-1-3-14(11-22)16(23)21-18(12-20)8-2-9-18/h4-7,14H,1-3,8-11H2,(H,21,23)/t14-/m1/s1. The quantitative estimate of drug-likeness (QED) is 0.915. The van der Waals surface area contributed by atoms with E-state index in [1.807, 2.05) is 0 Å². The minimum atomic E-state index is -0.681. The minimum Gasteiger partial charge on any atom is -0.338 e. The van der Waals surface area contributed by atoms with Crippen LogP contribution in [-0.4, -0.2) is 35.3 Å². The van der Waals surface area contributed by atoms with Crippen molar-refractivity contribution in [1.29, 1.82) is 5.26 Å². The van der Waals surface area contributed by atoms with E-state index in [0.29, 0.717) is 23.7 Å². The Morgan fingerprint density at radius 2 is 1.96 bits per heavy atom. The van der Waals surface area contributed by atoms with Crippen LogP contribution in [0.4, 0.5) is 0 Å². The first-order valence-electron chi connectivity index (χ1n) is 8.31. The SMILES string of the molecule is N#CC1(NC(=O)[C@@H]2CCCN(C(=O)c3ccc(Cl)cc3)C2)CCC1. The number of amides is 2. The lowest BCUT2D eigenvalue weighted by atomic mass is 9.77. The van der Waals surface area contributed by atoms with E-state index in [4.69, 9.17) is 11.6 Å². The molecular formula is C18H20ClN3O2. The Kier molecular flexibility index (Phi) is 4.77. The number of carbonyl (C=O) groups is 2. The summed E-state index contributed by atoms with van der Waals surface area (Å²) in [6, 6.07) is 9.01. The van der Waals surface area contributed by atoms with Crippen LogP contribution < -0.4 is 5.32 Å². The second-order valence-electron chi connectivity index (χ2n) is 6.63. The van der Waals surface area contributed by atoms with Gasteiger partial charge in [-0.15, -0.1) is 0 Å². The normalized spacial score (nSPS) is 22.2. The minimum absolute atomic E-state index is 0.0807. The molecular weight excluding hydrogens is 326 g/mol. The van der Waals surface area contributed by atoms with Crippen LogP contribution in [-0.2, 0) is 4.79 Å². The topological polar surface area (TPSA) is 73.2 Å². The molecule has 1 saturated carbocycles. The first-order valence-corrected chi connectivity index (χ1v) is 8.69. The Morgan fingerprint density at radius 3 is 2.54 bits per heavy atom. The molecule has 1 aromatic carbocycles. The number of benzene rings is 1. The second kappa shape index (κ2) is 6.82. The van der Waals surface area contributed by atoms with E-state index in [1.165, 1.54) is 0 Å². The Labute approximate surface area is 146 Å². The van der Waals surface area contributed by atoms with Crippen molar-refractivity contribution >= 4 is 23.4 Å². The number of nitrogens with zero attached hydrogens (tertiary/aromatic N) is 2. The third-order valence-electron chi connectivity index (χ3n) is 4.95. The molecule has 1 heterocycles. The molecule has 1 aromatic rings. The molecule has 0 radical (unpaired) electrons. The summed E-state index contributed by atoms with van der Waals surface area (Å²) < 4.78 is 0. The van der Waals surface area contributed by atoms with E-state index in [0.717, 1.165) is 32.1 Å². The monoisotopic (exact) mass is 345 g/mol. The summed E-state index contributed by atoms with van der Waals surface area (Å²) in [6.07, 6.45) is 3.94. The van der Waals surface area contributed by atoms with Gasteiger partial charge in [0.15, 0.2) is 0 Å². The van der Waals surface area contributed by atoms with Gasteiger partial charge in [0.25, 0.3) is 5.91 Å². The zero-order valence-corrected chi connectivity index (χ0v) is 14.2. The predicted octanol–water partition coefficient (Wildman–Crippen LogP) is 2.75. The number of halogens is 1. The fourth-order valence-electron chi connectivity index (χ4n) is 3.28. The molecule has 126 valence electrons. The van der Waals surface area contributed by atoms with Crippen LogP contribution in [0.25, 0.3) is 0 Å². The summed E-state index contributed by atoms with van der Waals surface area (Å²) in [5.41, 5.74) is -0.104. The van der Waals surface area contributed by atoms with Gasteiger partial charge in [-0.1, -0.05) is 11.6 Å². The summed E-state index contributed by atoms with van der Waals surface area (Å²) in [5, 5.41) is 12.7. The third-order valence-corrected chi connectivity index (χ3v) is 5.21. The van der Waals surface area contributed by atoms with Crippen molar-refractivity contribution in [1.82, 2.24) is 10.2 Å². The lowest BCUT2D eigenvalue weighted by molar-refractivity contribution is -0.128. The average molecular weight is 346 g/mol. The molecule has 2 fully saturated rings. The van der Waals surface area contributed by atoms with Gasteiger partial charge in [0.1, 0.15) is 5.54 Å². The molecule has 6 heteroatoms. The van der Waals surface area contributed by atoms with Crippen molar-refractivity contribution in [3.63, 3.8) is 0 Å². The van der Waals surface area contributed by atoms with Crippen molar-refractivity contribution < 1.29 is 9.59 Å². The number of nitriles is 1. The molecule has 5 nitrogen and oxygen atoms in total. The molecule has 2 aliphatic rings. The van der Waals surface area contributed by atoms with Gasteiger partial charge >= 0.3 is 0 Å². The molecule has 24 heavy (non-hydrogen) atoms. The molecule has 0 spiro atoms. The number of hydrogen-bond acceptors (Lipinski definition) is 3. The van der Waals surface area contributed by atoms with Crippen molar-refractivity contribution in [2.75, 3.05) is 13.1 Å². The molecule has 1 saturated heterocycles. The Balaban J connectivity index is 1.63. The van der Waals surface area contributed by atoms with Crippen LogP contribution in [0.2, 0.25) is 5.02 Å². The van der Waals surface area contributed by atoms with Gasteiger partial charge in [0.2, 0.25) is 5.91 Å². The zero-order chi connectivity index (χ0) is 17.2. The first-order chi connectivity index (χ1) is 11.5. The van der Waals surface area contributed by atoms with Crippen molar-refractivity contribution in [2.24, 2.45) is 5.92 Å². The fourth-order valence-corrected chi connectivity index (χ4v) is 3.41. The van der Waals surface area contributed by atoms with Crippen LogP contribution >= 0.6 is 11.6 Å². The Bertz CT molecular complexity index is 676. The molecule has 1 aliphatic carbocycles. The van der Waals surface area contributed by atoms with E-state index in [1.54, 1.807) is 29.2 Å². The summed E-state index contributed by atoms with van der Waals surface area (Å²) in [7, 11) is 0. The van der Waals surface area contributed by atoms with E-state index < -0.39 is 5.54 Å². The van der Waals surface area contributed by atoms with Crippen LogP contribution in [0.1, 0.15) is 42.5 Å². The molecule has 0 bridgehead atoms. The van der Waals surface area contributed by atoms with Crippen LogP contribution in [0, 0.1) is 17.2 Å². The van der Waals surface area contributed by atoms with Gasteiger partial charge in [0, 0.05) is 23.7 Å². The second-order valence-corrected chi connectivity index (χ2v) is 7.07. The van der Waals surface area contributed by atoms with E-state index in [-0.39, 0.29) is 17.7 Å². The van der Waals surface area contributed by atoms with Gasteiger partial charge < -0.3 is 10.2 Å². The van der Waals surface area contributed by atoms with Gasteiger partial charge in [-0.25, -0.2) is 0 Å². The lowest BCUT2D eigenvalue weighted by Crippen LogP contribution is -2.56. The molecule has 1 atom stereocenters. The lowest BCUT2D eigenvalue weighted by Gasteiger charge is -2.38. The number of carbonyl (C=O) groups excluding carboxylic acids is 2. The molecule has 1 N–H and O–H groups in total. The number of piperidine rings is 1. The molecule has 1 aliphatic heterocycles. The summed E-state index contributed by atoms with van der Waals surface area (Å²) in [4.78, 5) is 26.8. The fraction of sp³-hybridized carbons (Fsp3) is 0.500. The van der Waals surface area contributed by atoms with Crippen LogP contribution in [0.15, 0.2) is 24.3 Å². The van der Waals surface area contributed by atoms with Crippen molar-refractivity contribution in [3.05, 3.63) is 34.9 Å². The highest BCUT2D eigenvalue weighted by molar-refractivity contribution is 6.30. The highest BCUT2D eigenvalue weighted by Gasteiger charge is 2.40. The average Bonchev–Trinajstić information content (AvgIpc) is 2.58. The summed E-state index contributed by atoms with van der Waals surface area (Å²) in [5.74, 6) is -0.437. The highest BCUT2D eigenvalue weighted by Crippen LogP contribution is 2.32. The Morgan fingerprint density at radius 1 is 1.25 bits per heavy atom. The zero-order valence-electron chi connectivity index (χ0n) is 13.4. The van der Waals surface area contributed by atoms with Crippen molar-refractivity contribution in [3.8, 4) is 6.07 Å². The van der Waals surface area contributed by atoms with Gasteiger partial charge in [0.05, 0.1) is 12.0 Å². The van der Waals surface area contributed by atoms with E-state index >= 15 is 0 Å². The molecule has 0 unspecified atom stereocenters. The summed E-state index contributed by atoms with van der Waals surface area (Å²) in [6.45, 7) is 1.05. The smallest absolute Gasteiger partial charge is 0.253 e. The van der Waals surface area contributed by atoms with Gasteiger partial charge in [-0.05, 0) is 56.4 Å². The summed E-state index contributed by atoms with van der Waals surface area (Å²) >= 11 is 5.86. The molecule has 2 amide bonds. The number of hydrogen-bond donors (Lipinski definition) is 1. The maximum absolute atomic E-state index is 12.6. The molecule has 3 rings (SSSR count). The first kappa shape index (κ1) is 16.8. The number of likely N-dealkylation sites (tertiary alicyclic amines) is 1. The maximum Gasteiger partial charge on any atom is 0.253 e. The molecule has 0 aromatic heterocycles. The van der Waals surface area contributed by atoms with Crippen LogP contribution in [0.3, 0.4) is 0 Å². The van der Waals surface area contributed by atoms with E-state index in [2.05, 4.69) is 11.4 Å².